The van der Waals surface area contributed by atoms with Crippen LogP contribution in [0.2, 0.25) is 0 Å². The third-order valence-corrected chi connectivity index (χ3v) is 12.2. The molecule has 2 atom stereocenters. The van der Waals surface area contributed by atoms with Crippen LogP contribution in [0.4, 0.5) is 0 Å². The van der Waals surface area contributed by atoms with Crippen molar-refractivity contribution in [3.63, 3.8) is 0 Å². The fraction of sp³-hybridized carbons (Fsp3) is 0.667. The van der Waals surface area contributed by atoms with Gasteiger partial charge in [-0.1, -0.05) is 277 Å². The lowest BCUT2D eigenvalue weighted by Gasteiger charge is -2.20. The van der Waals surface area contributed by atoms with Gasteiger partial charge in [0, 0.05) is 6.42 Å². The molecule has 0 aromatic heterocycles. The van der Waals surface area contributed by atoms with Gasteiger partial charge in [0.2, 0.25) is 5.91 Å². The lowest BCUT2D eigenvalue weighted by molar-refractivity contribution is -0.123. The van der Waals surface area contributed by atoms with Gasteiger partial charge in [-0.2, -0.15) is 0 Å². The molecule has 0 spiro atoms. The summed E-state index contributed by atoms with van der Waals surface area (Å²) in [5.74, 6) is -0.0741. The largest absolute Gasteiger partial charge is 0.394 e. The highest BCUT2D eigenvalue weighted by atomic mass is 16.3. The molecule has 0 aliphatic carbocycles. The van der Waals surface area contributed by atoms with Crippen LogP contribution in [-0.4, -0.2) is 34.9 Å². The maximum Gasteiger partial charge on any atom is 0.220 e. The number of aliphatic hydroxyl groups is 2. The zero-order valence-electron chi connectivity index (χ0n) is 43.9. The fourth-order valence-corrected chi connectivity index (χ4v) is 7.94. The Morgan fingerprint density at radius 2 is 0.657 bits per heavy atom. The Labute approximate surface area is 416 Å². The molecule has 0 aromatic carbocycles. The first-order valence-corrected chi connectivity index (χ1v) is 28.2. The number of rotatable bonds is 50. The Balaban J connectivity index is 3.61. The molecule has 0 saturated carbocycles. The van der Waals surface area contributed by atoms with Crippen molar-refractivity contribution in [2.45, 2.75) is 264 Å². The van der Waals surface area contributed by atoms with Gasteiger partial charge >= 0.3 is 0 Å². The molecule has 0 fully saturated rings. The SMILES string of the molecule is CC/C=C\C/C=C\C/C=C\C/C=C\C/C=C\C/C=C\C/C=C\C/C=C\C/C=C\CCCCCCCCCCCC(=O)NC(CO)C(O)/C=C/CCCCCCCCCCCCCCCCCC. The average molecular weight is 927 g/mol. The minimum atomic E-state index is -0.850. The van der Waals surface area contributed by atoms with Gasteiger partial charge in [0.15, 0.2) is 0 Å². The van der Waals surface area contributed by atoms with Gasteiger partial charge in [0.1, 0.15) is 0 Å². The summed E-state index contributed by atoms with van der Waals surface area (Å²) < 4.78 is 0. The number of hydrogen-bond donors (Lipinski definition) is 3. The summed E-state index contributed by atoms with van der Waals surface area (Å²) in [5, 5.41) is 23.1. The fourth-order valence-electron chi connectivity index (χ4n) is 7.94. The summed E-state index contributed by atoms with van der Waals surface area (Å²) in [6.45, 7) is 4.20. The first kappa shape index (κ1) is 63.8. The van der Waals surface area contributed by atoms with E-state index in [1.807, 2.05) is 6.08 Å². The van der Waals surface area contributed by atoms with Crippen LogP contribution in [-0.2, 0) is 4.79 Å². The van der Waals surface area contributed by atoms with Crippen molar-refractivity contribution in [2.75, 3.05) is 6.61 Å². The van der Waals surface area contributed by atoms with Crippen molar-refractivity contribution >= 4 is 5.91 Å². The lowest BCUT2D eigenvalue weighted by atomic mass is 10.0. The Morgan fingerprint density at radius 3 is 0.985 bits per heavy atom. The predicted molar refractivity (Wildman–Crippen MR) is 299 cm³/mol. The monoisotopic (exact) mass is 926 g/mol. The molecule has 0 aliphatic heterocycles. The van der Waals surface area contributed by atoms with Gasteiger partial charge in [-0.15, -0.1) is 0 Å². The van der Waals surface area contributed by atoms with Crippen molar-refractivity contribution in [1.82, 2.24) is 5.32 Å². The van der Waals surface area contributed by atoms with Crippen LogP contribution in [0, 0.1) is 0 Å². The molecule has 4 nitrogen and oxygen atoms in total. The average Bonchev–Trinajstić information content (AvgIpc) is 3.33. The van der Waals surface area contributed by atoms with Crippen LogP contribution in [0.5, 0.6) is 0 Å². The van der Waals surface area contributed by atoms with Crippen molar-refractivity contribution in [3.8, 4) is 0 Å². The number of amides is 1. The van der Waals surface area contributed by atoms with Crippen LogP contribution in [0.3, 0.4) is 0 Å². The van der Waals surface area contributed by atoms with Gasteiger partial charge in [-0.3, -0.25) is 4.79 Å². The van der Waals surface area contributed by atoms with Crippen LogP contribution < -0.4 is 5.32 Å². The second-order valence-electron chi connectivity index (χ2n) is 18.6. The van der Waals surface area contributed by atoms with E-state index in [4.69, 9.17) is 0 Å². The third-order valence-electron chi connectivity index (χ3n) is 12.2. The molecule has 67 heavy (non-hydrogen) atoms. The summed E-state index contributed by atoms with van der Waals surface area (Å²) in [4.78, 5) is 12.5. The molecule has 0 saturated heterocycles. The highest BCUT2D eigenvalue weighted by molar-refractivity contribution is 5.76. The zero-order valence-corrected chi connectivity index (χ0v) is 43.9. The zero-order chi connectivity index (χ0) is 48.5. The summed E-state index contributed by atoms with van der Waals surface area (Å²) in [7, 11) is 0. The van der Waals surface area contributed by atoms with E-state index >= 15 is 0 Å². The number of nitrogens with one attached hydrogen (secondary N) is 1. The molecule has 0 aliphatic rings. The van der Waals surface area contributed by atoms with Crippen molar-refractivity contribution in [1.29, 1.82) is 0 Å². The molecule has 0 aromatic rings. The third kappa shape index (κ3) is 53.6. The van der Waals surface area contributed by atoms with E-state index in [0.717, 1.165) is 89.9 Å². The maximum atomic E-state index is 12.5. The maximum absolute atomic E-state index is 12.5. The molecule has 2 unspecified atom stereocenters. The number of hydrogen-bond acceptors (Lipinski definition) is 3. The normalized spacial score (nSPS) is 13.8. The van der Waals surface area contributed by atoms with E-state index in [0.29, 0.717) is 6.42 Å². The van der Waals surface area contributed by atoms with Crippen LogP contribution >= 0.6 is 0 Å². The Kier molecular flexibility index (Phi) is 54.4. The molecule has 3 N–H and O–H groups in total. The van der Waals surface area contributed by atoms with Crippen molar-refractivity contribution in [3.05, 3.63) is 122 Å². The quantitative estimate of drug-likeness (QED) is 0.0421. The molecule has 0 heterocycles. The van der Waals surface area contributed by atoms with Crippen molar-refractivity contribution < 1.29 is 15.0 Å². The summed E-state index contributed by atoms with van der Waals surface area (Å²) >= 11 is 0. The van der Waals surface area contributed by atoms with Gasteiger partial charge in [0.25, 0.3) is 0 Å². The van der Waals surface area contributed by atoms with E-state index in [1.54, 1.807) is 6.08 Å². The highest BCUT2D eigenvalue weighted by Gasteiger charge is 2.18. The second kappa shape index (κ2) is 57.1. The summed E-state index contributed by atoms with van der Waals surface area (Å²) in [6, 6.07) is -0.634. The summed E-state index contributed by atoms with van der Waals surface area (Å²) in [6.07, 6.45) is 87.7. The molecule has 0 radical (unpaired) electrons. The number of carbonyl (C=O) groups is 1. The van der Waals surface area contributed by atoms with Gasteiger partial charge < -0.3 is 15.5 Å². The first-order valence-electron chi connectivity index (χ1n) is 28.2. The number of carbonyl (C=O) groups excluding carboxylic acids is 1. The smallest absolute Gasteiger partial charge is 0.220 e. The van der Waals surface area contributed by atoms with E-state index in [1.165, 1.54) is 141 Å². The minimum absolute atomic E-state index is 0.0741. The minimum Gasteiger partial charge on any atom is -0.394 e. The Hall–Kier alpha value is -3.21. The Bertz CT molecular complexity index is 1330. The molecule has 0 bridgehead atoms. The van der Waals surface area contributed by atoms with Crippen LogP contribution in [0.25, 0.3) is 0 Å². The van der Waals surface area contributed by atoms with E-state index in [9.17, 15) is 15.0 Å². The second-order valence-corrected chi connectivity index (χ2v) is 18.6. The van der Waals surface area contributed by atoms with Gasteiger partial charge in [-0.05, 0) is 89.9 Å². The predicted octanol–water partition coefficient (Wildman–Crippen LogP) is 18.9. The molecule has 1 amide bonds. The van der Waals surface area contributed by atoms with E-state index in [2.05, 4.69) is 129 Å². The topological polar surface area (TPSA) is 69.6 Å². The lowest BCUT2D eigenvalue weighted by Crippen LogP contribution is -2.45. The van der Waals surface area contributed by atoms with Gasteiger partial charge in [0.05, 0.1) is 18.8 Å². The molecular formula is C63H107NO3. The molecule has 4 heteroatoms. The van der Waals surface area contributed by atoms with E-state index < -0.39 is 12.1 Å². The number of unbranched alkanes of at least 4 members (excludes halogenated alkanes) is 25. The standard InChI is InChI=1S/C63H107NO3/c1-3-5-7-9-11-13-15-17-19-21-23-24-25-26-27-28-29-30-31-32-33-34-35-36-37-38-39-40-41-43-45-47-49-51-53-55-57-59-63(67)64-61(60-65)62(66)58-56-54-52-50-48-46-44-42-22-20-18-16-14-12-10-8-6-4-2/h5,7,11,13,17,19,23-24,26-27,29-30,32-33,35-36,38-39,56,58,61-62,65-66H,3-4,6,8-10,12,14-16,18,20-22,25,28,31,34,37,40-55,57,59-60H2,1-2H3,(H,64,67)/b7-5-,13-11-,19-17-,24-23-,27-26-,30-29-,33-32-,36-35-,39-38-,58-56+. The number of allylic oxidation sites excluding steroid dienone is 19. The Morgan fingerprint density at radius 1 is 0.373 bits per heavy atom. The molecular weight excluding hydrogens is 819 g/mol. The first-order chi connectivity index (χ1) is 33.2. The summed E-state index contributed by atoms with van der Waals surface area (Å²) in [5.41, 5.74) is 0. The highest BCUT2D eigenvalue weighted by Crippen LogP contribution is 2.15. The number of aliphatic hydroxyl groups excluding tert-OH is 2. The van der Waals surface area contributed by atoms with Crippen LogP contribution in [0.1, 0.15) is 251 Å². The van der Waals surface area contributed by atoms with E-state index in [-0.39, 0.29) is 12.5 Å². The van der Waals surface area contributed by atoms with Gasteiger partial charge in [-0.25, -0.2) is 0 Å². The van der Waals surface area contributed by atoms with Crippen molar-refractivity contribution in [2.24, 2.45) is 0 Å². The molecule has 0 rings (SSSR count). The molecule has 382 valence electrons. The van der Waals surface area contributed by atoms with Crippen LogP contribution in [0.15, 0.2) is 122 Å².